The highest BCUT2D eigenvalue weighted by atomic mass is 16.5. The van der Waals surface area contributed by atoms with E-state index in [-0.39, 0.29) is 0 Å². The standard InChI is InChI=1S/C13H13NO/c14-10-11-6-8-13(9-7-11)15-12-4-2-1-3-5-12/h1-9H,10,14H2/p+1. The van der Waals surface area contributed by atoms with E-state index in [1.807, 2.05) is 54.6 Å². The second-order valence-electron chi connectivity index (χ2n) is 3.31. The zero-order valence-corrected chi connectivity index (χ0v) is 8.52. The Balaban J connectivity index is 2.11. The third kappa shape index (κ3) is 2.58. The second-order valence-corrected chi connectivity index (χ2v) is 3.31. The number of para-hydroxylation sites is 1. The van der Waals surface area contributed by atoms with Gasteiger partial charge in [0.1, 0.15) is 11.5 Å². The van der Waals surface area contributed by atoms with Gasteiger partial charge in [-0.1, -0.05) is 18.2 Å². The van der Waals surface area contributed by atoms with Crippen LogP contribution in [0.15, 0.2) is 54.6 Å². The molecule has 0 aliphatic heterocycles. The fraction of sp³-hybridized carbons (Fsp3) is 0.0769. The summed E-state index contributed by atoms with van der Waals surface area (Å²) >= 11 is 0. The van der Waals surface area contributed by atoms with Crippen LogP contribution in [0.1, 0.15) is 5.56 Å². The Morgan fingerprint density at radius 3 is 2.00 bits per heavy atom. The van der Waals surface area contributed by atoms with Crippen LogP contribution >= 0.6 is 0 Å². The van der Waals surface area contributed by atoms with Crippen molar-refractivity contribution in [2.75, 3.05) is 0 Å². The molecule has 0 saturated heterocycles. The first-order valence-corrected chi connectivity index (χ1v) is 4.99. The summed E-state index contributed by atoms with van der Waals surface area (Å²) in [5.74, 6) is 1.72. The number of hydrogen-bond acceptors (Lipinski definition) is 1. The average Bonchev–Trinajstić information content (AvgIpc) is 2.31. The molecule has 0 aliphatic carbocycles. The Bertz CT molecular complexity index is 408. The van der Waals surface area contributed by atoms with Gasteiger partial charge in [0.2, 0.25) is 0 Å². The predicted octanol–water partition coefficient (Wildman–Crippen LogP) is 2.22. The molecule has 0 aromatic heterocycles. The van der Waals surface area contributed by atoms with Crippen LogP contribution in [0, 0.1) is 0 Å². The maximum Gasteiger partial charge on any atom is 0.127 e. The summed E-state index contributed by atoms with van der Waals surface area (Å²) in [5, 5.41) is 0. The third-order valence-corrected chi connectivity index (χ3v) is 2.19. The number of ether oxygens (including phenoxy) is 1. The number of rotatable bonds is 3. The van der Waals surface area contributed by atoms with E-state index >= 15 is 0 Å². The first-order chi connectivity index (χ1) is 7.38. The Hall–Kier alpha value is -1.80. The zero-order valence-electron chi connectivity index (χ0n) is 8.52. The molecular weight excluding hydrogens is 186 g/mol. The molecule has 0 atom stereocenters. The van der Waals surface area contributed by atoms with Crippen molar-refractivity contribution in [3.8, 4) is 11.5 Å². The van der Waals surface area contributed by atoms with E-state index < -0.39 is 0 Å². The van der Waals surface area contributed by atoms with Gasteiger partial charge in [0.05, 0.1) is 6.54 Å². The molecule has 2 aromatic rings. The Morgan fingerprint density at radius 1 is 0.800 bits per heavy atom. The molecule has 2 nitrogen and oxygen atoms in total. The van der Waals surface area contributed by atoms with Crippen molar-refractivity contribution in [3.05, 3.63) is 60.2 Å². The van der Waals surface area contributed by atoms with E-state index in [9.17, 15) is 0 Å². The molecular formula is C13H14NO+. The Morgan fingerprint density at radius 2 is 1.40 bits per heavy atom. The molecule has 3 N–H and O–H groups in total. The summed E-state index contributed by atoms with van der Waals surface area (Å²) in [6.07, 6.45) is 0. The van der Waals surface area contributed by atoms with Gasteiger partial charge in [-0.25, -0.2) is 0 Å². The van der Waals surface area contributed by atoms with Crippen LogP contribution in [-0.2, 0) is 6.54 Å². The topological polar surface area (TPSA) is 36.9 Å². The molecule has 0 radical (unpaired) electrons. The van der Waals surface area contributed by atoms with Crippen LogP contribution in [0.25, 0.3) is 0 Å². The fourth-order valence-corrected chi connectivity index (χ4v) is 1.35. The minimum Gasteiger partial charge on any atom is -0.457 e. The third-order valence-electron chi connectivity index (χ3n) is 2.19. The highest BCUT2D eigenvalue weighted by molar-refractivity contribution is 5.32. The van der Waals surface area contributed by atoms with Crippen molar-refractivity contribution in [2.24, 2.45) is 0 Å². The van der Waals surface area contributed by atoms with Crippen molar-refractivity contribution in [1.29, 1.82) is 0 Å². The molecule has 0 heterocycles. The lowest BCUT2D eigenvalue weighted by Gasteiger charge is -2.05. The van der Waals surface area contributed by atoms with Gasteiger partial charge in [-0.15, -0.1) is 0 Å². The molecule has 0 bridgehead atoms. The summed E-state index contributed by atoms with van der Waals surface area (Å²) in [7, 11) is 0. The lowest BCUT2D eigenvalue weighted by atomic mass is 10.2. The Labute approximate surface area is 89.3 Å². The number of quaternary nitrogens is 1. The molecule has 2 rings (SSSR count). The quantitative estimate of drug-likeness (QED) is 0.810. The number of hydrogen-bond donors (Lipinski definition) is 1. The van der Waals surface area contributed by atoms with E-state index in [4.69, 9.17) is 4.74 Å². The Kier molecular flexibility index (Phi) is 3.00. The lowest BCUT2D eigenvalue weighted by molar-refractivity contribution is -0.386. The molecule has 0 spiro atoms. The van der Waals surface area contributed by atoms with Crippen LogP contribution in [0.2, 0.25) is 0 Å². The van der Waals surface area contributed by atoms with E-state index in [0.717, 1.165) is 18.0 Å². The van der Waals surface area contributed by atoms with Gasteiger partial charge in [-0.3, -0.25) is 0 Å². The summed E-state index contributed by atoms with van der Waals surface area (Å²) in [4.78, 5) is 0. The van der Waals surface area contributed by atoms with Crippen LogP contribution in [-0.4, -0.2) is 0 Å². The van der Waals surface area contributed by atoms with Crippen molar-refractivity contribution < 1.29 is 10.5 Å². The van der Waals surface area contributed by atoms with Gasteiger partial charge in [0.25, 0.3) is 0 Å². The fourth-order valence-electron chi connectivity index (χ4n) is 1.35. The van der Waals surface area contributed by atoms with E-state index in [1.54, 1.807) is 0 Å². The minimum absolute atomic E-state index is 0.811. The monoisotopic (exact) mass is 200 g/mol. The van der Waals surface area contributed by atoms with Crippen LogP contribution in [0.5, 0.6) is 11.5 Å². The van der Waals surface area contributed by atoms with Crippen LogP contribution in [0.3, 0.4) is 0 Å². The summed E-state index contributed by atoms with van der Waals surface area (Å²) < 4.78 is 5.66. The maximum absolute atomic E-state index is 5.66. The summed E-state index contributed by atoms with van der Waals surface area (Å²) in [5.41, 5.74) is 5.05. The molecule has 0 amide bonds. The van der Waals surface area contributed by atoms with E-state index in [1.165, 1.54) is 5.56 Å². The van der Waals surface area contributed by atoms with E-state index in [0.29, 0.717) is 0 Å². The van der Waals surface area contributed by atoms with Gasteiger partial charge in [-0.2, -0.15) is 0 Å². The second kappa shape index (κ2) is 4.62. The molecule has 0 aliphatic rings. The van der Waals surface area contributed by atoms with Crippen molar-refractivity contribution in [1.82, 2.24) is 0 Å². The first-order valence-electron chi connectivity index (χ1n) is 4.99. The van der Waals surface area contributed by atoms with Gasteiger partial charge in [0.15, 0.2) is 0 Å². The van der Waals surface area contributed by atoms with Crippen LogP contribution < -0.4 is 10.5 Å². The average molecular weight is 200 g/mol. The minimum atomic E-state index is 0.811. The molecule has 0 unspecified atom stereocenters. The molecule has 15 heavy (non-hydrogen) atoms. The smallest absolute Gasteiger partial charge is 0.127 e. The molecule has 0 fully saturated rings. The first kappa shape index (κ1) is 9.74. The normalized spacial score (nSPS) is 9.93. The predicted molar refractivity (Wildman–Crippen MR) is 59.6 cm³/mol. The maximum atomic E-state index is 5.66. The SMILES string of the molecule is [NH3+]Cc1ccc(Oc2ccccc2)cc1. The van der Waals surface area contributed by atoms with E-state index in [2.05, 4.69) is 5.73 Å². The molecule has 0 saturated carbocycles. The van der Waals surface area contributed by atoms with Crippen LogP contribution in [0.4, 0.5) is 0 Å². The molecule has 2 aromatic carbocycles. The molecule has 2 heteroatoms. The lowest BCUT2D eigenvalue weighted by Crippen LogP contribution is -2.47. The number of benzene rings is 2. The van der Waals surface area contributed by atoms with Crippen molar-refractivity contribution >= 4 is 0 Å². The summed E-state index contributed by atoms with van der Waals surface area (Å²) in [6.45, 7) is 0.811. The van der Waals surface area contributed by atoms with Crippen molar-refractivity contribution in [3.63, 3.8) is 0 Å². The van der Waals surface area contributed by atoms with Gasteiger partial charge < -0.3 is 10.5 Å². The van der Waals surface area contributed by atoms with Gasteiger partial charge in [0, 0.05) is 5.56 Å². The zero-order chi connectivity index (χ0) is 10.5. The van der Waals surface area contributed by atoms with Crippen molar-refractivity contribution in [2.45, 2.75) is 6.54 Å². The van der Waals surface area contributed by atoms with Gasteiger partial charge >= 0.3 is 0 Å². The summed E-state index contributed by atoms with van der Waals surface area (Å²) in [6, 6.07) is 17.8. The molecule has 76 valence electrons. The largest absolute Gasteiger partial charge is 0.457 e. The highest BCUT2D eigenvalue weighted by Gasteiger charge is 1.96. The highest BCUT2D eigenvalue weighted by Crippen LogP contribution is 2.20. The van der Waals surface area contributed by atoms with Gasteiger partial charge in [-0.05, 0) is 36.4 Å².